The van der Waals surface area contributed by atoms with Crippen molar-refractivity contribution in [2.75, 3.05) is 26.1 Å². The van der Waals surface area contributed by atoms with E-state index in [1.807, 2.05) is 0 Å². The van der Waals surface area contributed by atoms with Gasteiger partial charge in [0, 0.05) is 19.2 Å². The monoisotopic (exact) mass is 458 g/mol. The molecule has 0 bridgehead atoms. The summed E-state index contributed by atoms with van der Waals surface area (Å²) < 4.78 is 57.3. The van der Waals surface area contributed by atoms with Crippen molar-refractivity contribution in [3.8, 4) is 17.4 Å². The van der Waals surface area contributed by atoms with Gasteiger partial charge in [0.25, 0.3) is 5.91 Å². The molecule has 2 heterocycles. The van der Waals surface area contributed by atoms with Gasteiger partial charge in [-0.25, -0.2) is 0 Å². The minimum Gasteiger partial charge on any atom is -0.495 e. The molecule has 0 spiro atoms. The van der Waals surface area contributed by atoms with Crippen molar-refractivity contribution in [1.82, 2.24) is 14.8 Å². The Kier molecular flexibility index (Phi) is 6.16. The van der Waals surface area contributed by atoms with E-state index in [0.717, 1.165) is 6.07 Å². The van der Waals surface area contributed by atoms with Gasteiger partial charge in [0.15, 0.2) is 12.3 Å². The summed E-state index contributed by atoms with van der Waals surface area (Å²) in [6, 6.07) is 3.64. The molecule has 166 valence electrons. The smallest absolute Gasteiger partial charge is 0.417 e. The summed E-state index contributed by atoms with van der Waals surface area (Å²) in [6.45, 7) is 0.861. The van der Waals surface area contributed by atoms with E-state index in [2.05, 4.69) is 15.4 Å². The van der Waals surface area contributed by atoms with Crippen LogP contribution in [0.2, 0.25) is 5.02 Å². The summed E-state index contributed by atoms with van der Waals surface area (Å²) in [4.78, 5) is 16.4. The van der Waals surface area contributed by atoms with Crippen LogP contribution >= 0.6 is 11.6 Å². The number of aryl methyl sites for hydroxylation is 2. The van der Waals surface area contributed by atoms with Crippen LogP contribution in [0.4, 0.5) is 18.9 Å². The maximum atomic E-state index is 13.5. The topological polar surface area (TPSA) is 87.5 Å². The highest BCUT2D eigenvalue weighted by molar-refractivity contribution is 6.32. The number of ether oxygens (including phenoxy) is 3. The van der Waals surface area contributed by atoms with Gasteiger partial charge in [-0.15, -0.1) is 0 Å². The van der Waals surface area contributed by atoms with Gasteiger partial charge < -0.3 is 19.5 Å². The van der Waals surface area contributed by atoms with Gasteiger partial charge in [-0.05, 0) is 13.0 Å². The number of pyridine rings is 1. The Morgan fingerprint density at radius 2 is 1.87 bits per heavy atom. The van der Waals surface area contributed by atoms with Crippen molar-refractivity contribution >= 4 is 34.2 Å². The number of anilines is 1. The number of amides is 1. The first-order chi connectivity index (χ1) is 14.5. The van der Waals surface area contributed by atoms with Gasteiger partial charge in [0.05, 0.1) is 41.6 Å². The Morgan fingerprint density at radius 3 is 2.48 bits per heavy atom. The van der Waals surface area contributed by atoms with Crippen molar-refractivity contribution < 1.29 is 32.2 Å². The molecule has 0 atom stereocenters. The number of carbonyl (C=O) groups excluding carboxylic acids is 1. The average Bonchev–Trinajstić information content (AvgIpc) is 2.99. The molecule has 0 saturated heterocycles. The van der Waals surface area contributed by atoms with Crippen molar-refractivity contribution in [2.45, 2.75) is 13.1 Å². The Bertz CT molecular complexity index is 1150. The van der Waals surface area contributed by atoms with Crippen molar-refractivity contribution in [3.05, 3.63) is 34.5 Å². The van der Waals surface area contributed by atoms with Gasteiger partial charge in [-0.2, -0.15) is 23.3 Å². The fourth-order valence-electron chi connectivity index (χ4n) is 3.00. The molecule has 1 amide bonds. The predicted octanol–water partition coefficient (Wildman–Crippen LogP) is 3.98. The zero-order chi connectivity index (χ0) is 22.9. The molecule has 1 N–H and O–H groups in total. The lowest BCUT2D eigenvalue weighted by Gasteiger charge is -2.14. The lowest BCUT2D eigenvalue weighted by Crippen LogP contribution is -2.21. The second-order valence-electron chi connectivity index (χ2n) is 6.44. The first-order valence-corrected chi connectivity index (χ1v) is 9.18. The van der Waals surface area contributed by atoms with Crippen LogP contribution < -0.4 is 19.5 Å². The standard InChI is InChI=1S/C19H18ClF3N4O4/c1-9-17-10(19(21,22)23)5-16(25-18(17)27(2)26-9)31-8-15(28)24-12-6-11(20)13(29-3)7-14(12)30-4/h5-7H,8H2,1-4H3,(H,24,28). The minimum atomic E-state index is -4.65. The molecule has 1 aromatic carbocycles. The minimum absolute atomic E-state index is 0.00802. The molecule has 0 aliphatic rings. The summed E-state index contributed by atoms with van der Waals surface area (Å²) >= 11 is 6.06. The van der Waals surface area contributed by atoms with Crippen LogP contribution in [0.1, 0.15) is 11.3 Å². The van der Waals surface area contributed by atoms with Crippen LogP contribution in [0.5, 0.6) is 17.4 Å². The SMILES string of the molecule is COc1cc(OC)c(NC(=O)COc2cc(C(F)(F)F)c3c(C)nn(C)c3n2)cc1Cl. The number of hydrogen-bond donors (Lipinski definition) is 1. The molecule has 0 saturated carbocycles. The Labute approximate surface area is 179 Å². The number of alkyl halides is 3. The predicted molar refractivity (Wildman–Crippen MR) is 107 cm³/mol. The third-order valence-corrected chi connectivity index (χ3v) is 4.65. The zero-order valence-electron chi connectivity index (χ0n) is 16.9. The molecular formula is C19H18ClF3N4O4. The first kappa shape index (κ1) is 22.5. The molecule has 31 heavy (non-hydrogen) atoms. The lowest BCUT2D eigenvalue weighted by atomic mass is 10.1. The fraction of sp³-hybridized carbons (Fsp3) is 0.316. The second-order valence-corrected chi connectivity index (χ2v) is 6.84. The number of nitrogens with one attached hydrogen (secondary N) is 1. The Hall–Kier alpha value is -3.21. The average molecular weight is 459 g/mol. The third-order valence-electron chi connectivity index (χ3n) is 4.35. The van der Waals surface area contributed by atoms with E-state index >= 15 is 0 Å². The van der Waals surface area contributed by atoms with E-state index in [9.17, 15) is 18.0 Å². The molecule has 0 fully saturated rings. The number of aromatic nitrogens is 3. The molecule has 0 aliphatic heterocycles. The molecule has 2 aromatic heterocycles. The van der Waals surface area contributed by atoms with Gasteiger partial charge in [-0.3, -0.25) is 9.48 Å². The van der Waals surface area contributed by atoms with E-state index in [0.29, 0.717) is 5.75 Å². The lowest BCUT2D eigenvalue weighted by molar-refractivity contribution is -0.136. The summed E-state index contributed by atoms with van der Waals surface area (Å²) in [5.41, 5.74) is -0.526. The van der Waals surface area contributed by atoms with E-state index < -0.39 is 24.3 Å². The van der Waals surface area contributed by atoms with Crippen LogP contribution in [0.15, 0.2) is 18.2 Å². The fourth-order valence-corrected chi connectivity index (χ4v) is 3.24. The maximum Gasteiger partial charge on any atom is 0.417 e. The number of hydrogen-bond acceptors (Lipinski definition) is 6. The number of benzene rings is 1. The summed E-state index contributed by atoms with van der Waals surface area (Å²) in [5.74, 6) is -0.399. The molecule has 0 aliphatic carbocycles. The highest BCUT2D eigenvalue weighted by Crippen LogP contribution is 2.38. The van der Waals surface area contributed by atoms with E-state index in [4.69, 9.17) is 25.8 Å². The van der Waals surface area contributed by atoms with Crippen molar-refractivity contribution in [1.29, 1.82) is 0 Å². The van der Waals surface area contributed by atoms with Gasteiger partial charge >= 0.3 is 6.18 Å². The van der Waals surface area contributed by atoms with Crippen LogP contribution in [-0.4, -0.2) is 41.5 Å². The third kappa shape index (κ3) is 4.61. The molecular weight excluding hydrogens is 441 g/mol. The summed E-state index contributed by atoms with van der Waals surface area (Å²) in [7, 11) is 4.29. The summed E-state index contributed by atoms with van der Waals surface area (Å²) in [5, 5.41) is 6.61. The van der Waals surface area contributed by atoms with E-state index in [1.54, 1.807) is 0 Å². The van der Waals surface area contributed by atoms with Crippen molar-refractivity contribution in [2.24, 2.45) is 7.05 Å². The molecule has 0 radical (unpaired) electrons. The number of rotatable bonds is 6. The van der Waals surface area contributed by atoms with Gasteiger partial charge in [0.2, 0.25) is 5.88 Å². The van der Waals surface area contributed by atoms with E-state index in [1.165, 1.54) is 45.0 Å². The number of nitrogens with zero attached hydrogens (tertiary/aromatic N) is 3. The number of methoxy groups -OCH3 is 2. The molecule has 8 nitrogen and oxygen atoms in total. The summed E-state index contributed by atoms with van der Waals surface area (Å²) in [6.07, 6.45) is -4.65. The number of carbonyl (C=O) groups is 1. The number of halogens is 4. The van der Waals surface area contributed by atoms with Crippen LogP contribution in [0.3, 0.4) is 0 Å². The molecule has 12 heteroatoms. The van der Waals surface area contributed by atoms with Gasteiger partial charge in [-0.1, -0.05) is 11.6 Å². The normalized spacial score (nSPS) is 11.5. The van der Waals surface area contributed by atoms with Crippen LogP contribution in [0.25, 0.3) is 11.0 Å². The van der Waals surface area contributed by atoms with Crippen LogP contribution in [0, 0.1) is 6.92 Å². The Morgan fingerprint density at radius 1 is 1.19 bits per heavy atom. The van der Waals surface area contributed by atoms with Crippen LogP contribution in [-0.2, 0) is 18.0 Å². The molecule has 3 aromatic rings. The highest BCUT2D eigenvalue weighted by Gasteiger charge is 2.35. The molecule has 0 unspecified atom stereocenters. The Balaban J connectivity index is 1.82. The maximum absolute atomic E-state index is 13.5. The largest absolute Gasteiger partial charge is 0.495 e. The highest BCUT2D eigenvalue weighted by atomic mass is 35.5. The zero-order valence-corrected chi connectivity index (χ0v) is 17.7. The van der Waals surface area contributed by atoms with Crippen molar-refractivity contribution in [3.63, 3.8) is 0 Å². The van der Waals surface area contributed by atoms with E-state index in [-0.39, 0.29) is 39.1 Å². The van der Waals surface area contributed by atoms with Gasteiger partial charge in [0.1, 0.15) is 11.5 Å². The number of fused-ring (bicyclic) bond motifs is 1. The first-order valence-electron chi connectivity index (χ1n) is 8.80. The second kappa shape index (κ2) is 8.50. The quantitative estimate of drug-likeness (QED) is 0.601. The molecule has 3 rings (SSSR count).